The van der Waals surface area contributed by atoms with Crippen LogP contribution in [0.25, 0.3) is 0 Å². The van der Waals surface area contributed by atoms with Crippen molar-refractivity contribution in [1.29, 1.82) is 0 Å². The Balaban J connectivity index is 1.43. The number of amides is 1. The molecular weight excluding hydrogens is 470 g/mol. The van der Waals surface area contributed by atoms with Crippen LogP contribution in [0.5, 0.6) is 0 Å². The Hall–Kier alpha value is -0.740. The summed E-state index contributed by atoms with van der Waals surface area (Å²) in [5.74, 6) is 0.963. The van der Waals surface area contributed by atoms with Crippen LogP contribution < -0.4 is 5.32 Å². The van der Waals surface area contributed by atoms with E-state index in [4.69, 9.17) is 4.55 Å². The molecule has 8 nitrogen and oxygen atoms in total. The molecule has 0 spiro atoms. The van der Waals surface area contributed by atoms with Crippen molar-refractivity contribution in [3.8, 4) is 0 Å². The molecule has 0 saturated heterocycles. The molecule has 3 unspecified atom stereocenters. The third-order valence-electron chi connectivity index (χ3n) is 11.0. The lowest BCUT2D eigenvalue weighted by molar-refractivity contribution is -0.202. The first-order valence-corrected chi connectivity index (χ1v) is 15.1. The van der Waals surface area contributed by atoms with Gasteiger partial charge in [0, 0.05) is 13.0 Å². The number of hydrogen-bond acceptors (Lipinski definition) is 6. The maximum atomic E-state index is 12.2. The summed E-state index contributed by atoms with van der Waals surface area (Å²) in [7, 11) is -4.09. The van der Waals surface area contributed by atoms with Crippen LogP contribution in [-0.2, 0) is 14.9 Å². The van der Waals surface area contributed by atoms with Crippen LogP contribution in [0.1, 0.15) is 78.6 Å². The molecule has 0 aromatic rings. The van der Waals surface area contributed by atoms with Crippen LogP contribution in [0.2, 0.25) is 0 Å². The zero-order valence-corrected chi connectivity index (χ0v) is 22.2. The Kier molecular flexibility index (Phi) is 7.69. The Labute approximate surface area is 210 Å². The summed E-state index contributed by atoms with van der Waals surface area (Å²) < 4.78 is 30.5. The molecule has 0 aliphatic heterocycles. The van der Waals surface area contributed by atoms with Crippen molar-refractivity contribution in [2.24, 2.45) is 46.3 Å². The highest BCUT2D eigenvalue weighted by Crippen LogP contribution is 2.68. The fraction of sp³-hybridized carbons (Fsp3) is 0.962. The molecule has 4 aliphatic carbocycles. The lowest BCUT2D eigenvalue weighted by Crippen LogP contribution is -2.61. The van der Waals surface area contributed by atoms with E-state index in [1.165, 1.54) is 0 Å². The van der Waals surface area contributed by atoms with Crippen LogP contribution in [0.15, 0.2) is 0 Å². The highest BCUT2D eigenvalue weighted by molar-refractivity contribution is 7.85. The first kappa shape index (κ1) is 27.3. The molecule has 4 aliphatic rings. The topological polar surface area (TPSA) is 144 Å². The molecule has 35 heavy (non-hydrogen) atoms. The number of carbonyl (C=O) groups is 1. The molecule has 4 fully saturated rings. The Morgan fingerprint density at radius 2 is 1.74 bits per heavy atom. The van der Waals surface area contributed by atoms with Crippen molar-refractivity contribution in [1.82, 2.24) is 5.32 Å². The number of aliphatic hydroxyl groups excluding tert-OH is 3. The number of rotatable bonds is 7. The second-order valence-electron chi connectivity index (χ2n) is 12.7. The molecular formula is C26H45NO7S. The molecule has 9 heteroatoms. The summed E-state index contributed by atoms with van der Waals surface area (Å²) in [6.45, 7) is 6.56. The van der Waals surface area contributed by atoms with E-state index in [1.54, 1.807) is 0 Å². The number of nitrogens with one attached hydrogen (secondary N) is 1. The summed E-state index contributed by atoms with van der Waals surface area (Å²) in [5, 5.41) is 35.6. The zero-order valence-electron chi connectivity index (χ0n) is 21.4. The lowest BCUT2D eigenvalue weighted by atomic mass is 9.43. The van der Waals surface area contributed by atoms with Gasteiger partial charge in [-0.25, -0.2) is 0 Å². The first-order valence-electron chi connectivity index (χ1n) is 13.5. The molecule has 4 rings (SSSR count). The second kappa shape index (κ2) is 9.86. The van der Waals surface area contributed by atoms with Gasteiger partial charge < -0.3 is 20.6 Å². The minimum Gasteiger partial charge on any atom is -0.393 e. The van der Waals surface area contributed by atoms with Crippen molar-refractivity contribution in [2.75, 3.05) is 12.3 Å². The Morgan fingerprint density at radius 3 is 2.43 bits per heavy atom. The summed E-state index contributed by atoms with van der Waals surface area (Å²) in [5.41, 5.74) is -0.299. The molecule has 0 aromatic carbocycles. The van der Waals surface area contributed by atoms with Gasteiger partial charge in [0.15, 0.2) is 0 Å². The summed E-state index contributed by atoms with van der Waals surface area (Å²) in [6.07, 6.45) is 5.64. The molecule has 0 heterocycles. The highest BCUT2D eigenvalue weighted by Gasteiger charge is 2.65. The van der Waals surface area contributed by atoms with Gasteiger partial charge in [-0.3, -0.25) is 9.35 Å². The third kappa shape index (κ3) is 5.05. The maximum absolute atomic E-state index is 12.2. The number of aliphatic hydroxyl groups is 3. The van der Waals surface area contributed by atoms with Gasteiger partial charge in [0.25, 0.3) is 10.1 Å². The van der Waals surface area contributed by atoms with Gasteiger partial charge in [0.05, 0.1) is 24.1 Å². The van der Waals surface area contributed by atoms with Crippen LogP contribution >= 0.6 is 0 Å². The van der Waals surface area contributed by atoms with Crippen molar-refractivity contribution < 1.29 is 33.1 Å². The normalized spacial score (nSPS) is 46.3. The number of carbonyl (C=O) groups excluding carboxylic acids is 1. The second-order valence-corrected chi connectivity index (χ2v) is 14.2. The summed E-state index contributed by atoms with van der Waals surface area (Å²) in [6, 6.07) is 0. The fourth-order valence-electron chi connectivity index (χ4n) is 9.17. The Bertz CT molecular complexity index is 896. The Morgan fingerprint density at radius 1 is 1.03 bits per heavy atom. The molecule has 202 valence electrons. The first-order chi connectivity index (χ1) is 16.3. The van der Waals surface area contributed by atoms with Crippen molar-refractivity contribution in [2.45, 2.75) is 96.9 Å². The summed E-state index contributed by atoms with van der Waals surface area (Å²) in [4.78, 5) is 12.2. The van der Waals surface area contributed by atoms with E-state index in [-0.39, 0.29) is 53.6 Å². The van der Waals surface area contributed by atoms with Crippen LogP contribution in [-0.4, -0.2) is 64.8 Å². The quantitative estimate of drug-likeness (QED) is 0.327. The van der Waals surface area contributed by atoms with Crippen LogP contribution in [0.3, 0.4) is 0 Å². The predicted octanol–water partition coefficient (Wildman–Crippen LogP) is 2.37. The van der Waals surface area contributed by atoms with Gasteiger partial charge in [-0.2, -0.15) is 8.42 Å². The van der Waals surface area contributed by atoms with Gasteiger partial charge in [0.1, 0.15) is 0 Å². The van der Waals surface area contributed by atoms with Gasteiger partial charge in [-0.15, -0.1) is 0 Å². The fourth-order valence-corrected chi connectivity index (χ4v) is 9.53. The van der Waals surface area contributed by atoms with E-state index < -0.39 is 28.1 Å². The SMILES string of the molecule is C[C@H](CCC(=O)NCCS(=O)(=O)O)[C@H]1CCC2C3C[C@H](O)[C@@H]4C[C@H](O)CC[C@]4(C)C3C[C@H](O)[C@@]21C. The van der Waals surface area contributed by atoms with Gasteiger partial charge in [-0.05, 0) is 97.7 Å². The van der Waals surface area contributed by atoms with Gasteiger partial charge >= 0.3 is 0 Å². The van der Waals surface area contributed by atoms with E-state index in [9.17, 15) is 28.5 Å². The molecule has 11 atom stereocenters. The molecule has 0 bridgehead atoms. The van der Waals surface area contributed by atoms with Crippen molar-refractivity contribution in [3.05, 3.63) is 0 Å². The minimum atomic E-state index is -4.09. The van der Waals surface area contributed by atoms with E-state index in [0.717, 1.165) is 38.5 Å². The van der Waals surface area contributed by atoms with Crippen LogP contribution in [0.4, 0.5) is 0 Å². The van der Waals surface area contributed by atoms with E-state index in [1.807, 2.05) is 0 Å². The smallest absolute Gasteiger partial charge is 0.266 e. The number of hydrogen-bond donors (Lipinski definition) is 5. The molecule has 1 amide bonds. The largest absolute Gasteiger partial charge is 0.393 e. The van der Waals surface area contributed by atoms with E-state index in [2.05, 4.69) is 26.1 Å². The molecule has 5 N–H and O–H groups in total. The minimum absolute atomic E-state index is 0.0479. The third-order valence-corrected chi connectivity index (χ3v) is 11.7. The lowest BCUT2D eigenvalue weighted by Gasteiger charge is -2.63. The maximum Gasteiger partial charge on any atom is 0.266 e. The standard InChI is InChI=1S/C26H45NO7S/c1-15(4-7-24(31)27-10-11-35(32,33)34)18-5-6-19-17-13-22(29)21-12-16(28)8-9-25(21,2)20(17)14-23(30)26(18,19)3/h15-23,28-30H,4-14H2,1-3H3,(H,27,31)(H,32,33,34)/t15-,16-,17?,18-,19?,20?,21+,22+,23+,25-,26-/m1/s1. The van der Waals surface area contributed by atoms with Gasteiger partial charge in [-0.1, -0.05) is 20.8 Å². The predicted molar refractivity (Wildman–Crippen MR) is 132 cm³/mol. The van der Waals surface area contributed by atoms with E-state index >= 15 is 0 Å². The average Bonchev–Trinajstić information content (AvgIpc) is 3.13. The molecule has 0 aromatic heterocycles. The zero-order chi connectivity index (χ0) is 25.8. The van der Waals surface area contributed by atoms with E-state index in [0.29, 0.717) is 30.6 Å². The van der Waals surface area contributed by atoms with Gasteiger partial charge in [0.2, 0.25) is 5.91 Å². The highest BCUT2D eigenvalue weighted by atomic mass is 32.2. The monoisotopic (exact) mass is 515 g/mol. The molecule has 0 radical (unpaired) electrons. The summed E-state index contributed by atoms with van der Waals surface area (Å²) >= 11 is 0. The van der Waals surface area contributed by atoms with Crippen LogP contribution in [0, 0.1) is 46.3 Å². The van der Waals surface area contributed by atoms with Crippen molar-refractivity contribution in [3.63, 3.8) is 0 Å². The average molecular weight is 516 g/mol. The van der Waals surface area contributed by atoms with Crippen molar-refractivity contribution >= 4 is 16.0 Å². The molecule has 4 saturated carbocycles. The number of fused-ring (bicyclic) bond motifs is 5.